The molecule has 2 aromatic rings. The molecule has 9 heteroatoms. The molecule has 134 valence electrons. The van der Waals surface area contributed by atoms with Gasteiger partial charge in [-0.2, -0.15) is 4.68 Å². The third-order valence-electron chi connectivity index (χ3n) is 4.22. The number of benzene rings is 1. The van der Waals surface area contributed by atoms with E-state index in [1.165, 1.54) is 0 Å². The second kappa shape index (κ2) is 8.60. The molecule has 7 nitrogen and oxygen atoms in total. The molecule has 1 saturated heterocycles. The Morgan fingerprint density at radius 3 is 2.52 bits per heavy atom. The highest BCUT2D eigenvalue weighted by Gasteiger charge is 2.22. The van der Waals surface area contributed by atoms with Crippen LogP contribution in [-0.4, -0.2) is 68.0 Å². The largest absolute Gasteiger partial charge is 0.340 e. The van der Waals surface area contributed by atoms with Crippen LogP contribution in [0.1, 0.15) is 18.7 Å². The molecule has 1 aliphatic heterocycles. The van der Waals surface area contributed by atoms with Crippen LogP contribution in [0.4, 0.5) is 0 Å². The van der Waals surface area contributed by atoms with Crippen LogP contribution in [-0.2, 0) is 11.3 Å². The number of amides is 1. The van der Waals surface area contributed by atoms with Crippen molar-refractivity contribution in [1.82, 2.24) is 30.0 Å². The summed E-state index contributed by atoms with van der Waals surface area (Å²) in [6.07, 6.45) is 1.26. The summed E-state index contributed by atoms with van der Waals surface area (Å²) in [5.41, 5.74) is 0.874. The van der Waals surface area contributed by atoms with E-state index in [9.17, 15) is 4.79 Å². The average molecular weight is 383 g/mol. The van der Waals surface area contributed by atoms with Gasteiger partial charge in [0.05, 0.1) is 12.2 Å². The van der Waals surface area contributed by atoms with Crippen molar-refractivity contribution in [2.75, 3.05) is 32.1 Å². The predicted molar refractivity (Wildman–Crippen MR) is 96.0 cm³/mol. The lowest BCUT2D eigenvalue weighted by molar-refractivity contribution is -0.133. The first-order chi connectivity index (χ1) is 12.2. The zero-order valence-corrected chi connectivity index (χ0v) is 15.3. The van der Waals surface area contributed by atoms with E-state index < -0.39 is 0 Å². The molecule has 3 rings (SSSR count). The molecule has 0 unspecified atom stereocenters. The van der Waals surface area contributed by atoms with Gasteiger partial charge in [-0.1, -0.05) is 11.6 Å². The number of hydrogen-bond donors (Lipinski definition) is 0. The number of carbonyl (C=O) groups is 1. The number of halogens is 2. The lowest BCUT2D eigenvalue weighted by Gasteiger charge is -2.34. The molecule has 1 aromatic carbocycles. The smallest absolute Gasteiger partial charge is 0.222 e. The van der Waals surface area contributed by atoms with Gasteiger partial charge in [0.25, 0.3) is 0 Å². The monoisotopic (exact) mass is 382 g/mol. The molecule has 0 spiro atoms. The number of piperazine rings is 1. The van der Waals surface area contributed by atoms with Gasteiger partial charge in [-0.05, 0) is 41.1 Å². The molecule has 0 radical (unpaired) electrons. The summed E-state index contributed by atoms with van der Waals surface area (Å²) in [7, 11) is 0. The standard InChI is InChI=1S/C16H20Cl2N6O/c17-7-1-2-16(25)23-10-8-22(9-11-23)12-15-19-20-21-24(15)14-5-3-13(18)4-6-14/h3-6H,1-2,7-12H2. The Hall–Kier alpha value is -1.70. The number of aromatic nitrogens is 4. The quantitative estimate of drug-likeness (QED) is 0.714. The van der Waals surface area contributed by atoms with Crippen LogP contribution in [0.2, 0.25) is 5.02 Å². The van der Waals surface area contributed by atoms with E-state index in [-0.39, 0.29) is 5.91 Å². The Balaban J connectivity index is 1.57. The minimum absolute atomic E-state index is 0.186. The third kappa shape index (κ3) is 4.68. The van der Waals surface area contributed by atoms with E-state index >= 15 is 0 Å². The highest BCUT2D eigenvalue weighted by Crippen LogP contribution is 2.15. The van der Waals surface area contributed by atoms with Crippen molar-refractivity contribution < 1.29 is 4.79 Å². The van der Waals surface area contributed by atoms with E-state index in [0.717, 1.165) is 44.1 Å². The zero-order chi connectivity index (χ0) is 17.6. The lowest BCUT2D eigenvalue weighted by Crippen LogP contribution is -2.48. The van der Waals surface area contributed by atoms with Crippen molar-refractivity contribution in [2.45, 2.75) is 19.4 Å². The molecule has 0 atom stereocenters. The molecule has 0 N–H and O–H groups in total. The number of nitrogens with zero attached hydrogens (tertiary/aromatic N) is 6. The van der Waals surface area contributed by atoms with Crippen molar-refractivity contribution in [1.29, 1.82) is 0 Å². The Morgan fingerprint density at radius 1 is 1.12 bits per heavy atom. The van der Waals surface area contributed by atoms with Gasteiger partial charge in [0.2, 0.25) is 5.91 Å². The number of hydrogen-bond acceptors (Lipinski definition) is 5. The molecule has 1 fully saturated rings. The number of alkyl halides is 1. The van der Waals surface area contributed by atoms with Crippen molar-refractivity contribution in [3.05, 3.63) is 35.1 Å². The highest BCUT2D eigenvalue weighted by molar-refractivity contribution is 6.30. The van der Waals surface area contributed by atoms with E-state index in [2.05, 4.69) is 20.4 Å². The van der Waals surface area contributed by atoms with E-state index in [0.29, 0.717) is 23.9 Å². The van der Waals surface area contributed by atoms with Crippen LogP contribution >= 0.6 is 23.2 Å². The molecule has 25 heavy (non-hydrogen) atoms. The van der Waals surface area contributed by atoms with Crippen LogP contribution in [0, 0.1) is 0 Å². The van der Waals surface area contributed by atoms with Gasteiger partial charge >= 0.3 is 0 Å². The van der Waals surface area contributed by atoms with Crippen LogP contribution < -0.4 is 0 Å². The molecule has 0 aliphatic carbocycles. The van der Waals surface area contributed by atoms with E-state index in [4.69, 9.17) is 23.2 Å². The molecular formula is C16H20Cl2N6O. The molecule has 1 amide bonds. The van der Waals surface area contributed by atoms with Crippen molar-refractivity contribution in [3.63, 3.8) is 0 Å². The summed E-state index contributed by atoms with van der Waals surface area (Å²) in [5.74, 6) is 1.48. The van der Waals surface area contributed by atoms with Crippen LogP contribution in [0.25, 0.3) is 5.69 Å². The Morgan fingerprint density at radius 2 is 1.84 bits per heavy atom. The fraction of sp³-hybridized carbons (Fsp3) is 0.500. The summed E-state index contributed by atoms with van der Waals surface area (Å²) in [5, 5.41) is 12.7. The van der Waals surface area contributed by atoms with Crippen LogP contribution in [0.5, 0.6) is 0 Å². The summed E-state index contributed by atoms with van der Waals surface area (Å²) in [6, 6.07) is 7.40. The molecular weight excluding hydrogens is 363 g/mol. The Labute approximate surface area is 156 Å². The van der Waals surface area contributed by atoms with Gasteiger partial charge < -0.3 is 4.90 Å². The van der Waals surface area contributed by atoms with E-state index in [1.807, 2.05) is 29.2 Å². The van der Waals surface area contributed by atoms with Crippen molar-refractivity contribution in [3.8, 4) is 5.69 Å². The summed E-state index contributed by atoms with van der Waals surface area (Å²) in [6.45, 7) is 3.70. The fourth-order valence-electron chi connectivity index (χ4n) is 2.82. The first-order valence-electron chi connectivity index (χ1n) is 8.26. The van der Waals surface area contributed by atoms with Gasteiger partial charge in [0.15, 0.2) is 5.82 Å². The van der Waals surface area contributed by atoms with Gasteiger partial charge in [-0.3, -0.25) is 9.69 Å². The molecule has 2 heterocycles. The molecule has 1 aliphatic rings. The maximum absolute atomic E-state index is 12.0. The number of carbonyl (C=O) groups excluding carboxylic acids is 1. The second-order valence-corrected chi connectivity index (χ2v) is 6.75. The Kier molecular flexibility index (Phi) is 6.23. The maximum Gasteiger partial charge on any atom is 0.222 e. The maximum atomic E-state index is 12.0. The number of tetrazole rings is 1. The SMILES string of the molecule is O=C(CCCCl)N1CCN(Cc2nnnn2-c2ccc(Cl)cc2)CC1. The predicted octanol–water partition coefficient (Wildman–Crippen LogP) is 1.98. The van der Waals surface area contributed by atoms with Gasteiger partial charge in [0.1, 0.15) is 0 Å². The topological polar surface area (TPSA) is 67.2 Å². The van der Waals surface area contributed by atoms with Crippen LogP contribution in [0.3, 0.4) is 0 Å². The lowest BCUT2D eigenvalue weighted by atomic mass is 10.2. The number of rotatable bonds is 6. The minimum atomic E-state index is 0.186. The average Bonchev–Trinajstić information content (AvgIpc) is 3.09. The highest BCUT2D eigenvalue weighted by atomic mass is 35.5. The van der Waals surface area contributed by atoms with Crippen molar-refractivity contribution in [2.24, 2.45) is 0 Å². The molecule has 0 saturated carbocycles. The van der Waals surface area contributed by atoms with Gasteiger partial charge in [0, 0.05) is 43.5 Å². The first-order valence-corrected chi connectivity index (χ1v) is 9.18. The first kappa shape index (κ1) is 18.1. The molecule has 1 aromatic heterocycles. The third-order valence-corrected chi connectivity index (χ3v) is 4.74. The molecule has 0 bridgehead atoms. The van der Waals surface area contributed by atoms with Crippen molar-refractivity contribution >= 4 is 29.1 Å². The van der Waals surface area contributed by atoms with Gasteiger partial charge in [-0.15, -0.1) is 16.7 Å². The second-order valence-electron chi connectivity index (χ2n) is 5.93. The van der Waals surface area contributed by atoms with Crippen LogP contribution in [0.15, 0.2) is 24.3 Å². The fourth-order valence-corrected chi connectivity index (χ4v) is 3.08. The summed E-state index contributed by atoms with van der Waals surface area (Å²) >= 11 is 11.6. The summed E-state index contributed by atoms with van der Waals surface area (Å²) < 4.78 is 1.72. The minimum Gasteiger partial charge on any atom is -0.340 e. The van der Waals surface area contributed by atoms with E-state index in [1.54, 1.807) is 4.68 Å². The summed E-state index contributed by atoms with van der Waals surface area (Å²) in [4.78, 5) is 16.2. The normalized spacial score (nSPS) is 15.5. The zero-order valence-electron chi connectivity index (χ0n) is 13.8. The Bertz CT molecular complexity index is 697. The van der Waals surface area contributed by atoms with Gasteiger partial charge in [-0.25, -0.2) is 0 Å².